The molecule has 1 saturated heterocycles. The maximum atomic E-state index is 5.47. The molecule has 18 heavy (non-hydrogen) atoms. The van der Waals surface area contributed by atoms with Gasteiger partial charge in [-0.15, -0.1) is 11.3 Å². The van der Waals surface area contributed by atoms with Crippen LogP contribution in [0, 0.1) is 0 Å². The Morgan fingerprint density at radius 3 is 3.00 bits per heavy atom. The van der Waals surface area contributed by atoms with Crippen molar-refractivity contribution in [2.24, 2.45) is 0 Å². The minimum atomic E-state index is 0.272. The van der Waals surface area contributed by atoms with Gasteiger partial charge in [0.05, 0.1) is 24.9 Å². The van der Waals surface area contributed by atoms with Crippen molar-refractivity contribution in [3.63, 3.8) is 0 Å². The molecule has 1 aliphatic rings. The van der Waals surface area contributed by atoms with E-state index in [0.29, 0.717) is 0 Å². The van der Waals surface area contributed by atoms with Gasteiger partial charge in [0.25, 0.3) is 0 Å². The van der Waals surface area contributed by atoms with Gasteiger partial charge in [-0.05, 0) is 5.56 Å². The molecule has 1 fully saturated rings. The van der Waals surface area contributed by atoms with Gasteiger partial charge >= 0.3 is 0 Å². The second-order valence-corrected chi connectivity index (χ2v) is 5.31. The zero-order valence-electron chi connectivity index (χ0n) is 10.1. The molecule has 0 radical (unpaired) electrons. The minimum absolute atomic E-state index is 0.272. The monoisotopic (exact) mass is 260 g/mol. The molecule has 1 atom stereocenters. The number of thiazole rings is 1. The molecule has 1 aliphatic heterocycles. The maximum absolute atomic E-state index is 5.47. The Hall–Kier alpha value is -1.23. The van der Waals surface area contributed by atoms with Gasteiger partial charge in [-0.1, -0.05) is 30.3 Å². The van der Waals surface area contributed by atoms with Crippen molar-refractivity contribution in [1.29, 1.82) is 0 Å². The lowest BCUT2D eigenvalue weighted by Crippen LogP contribution is -2.34. The Labute approximate surface area is 111 Å². The van der Waals surface area contributed by atoms with Crippen LogP contribution in [0.4, 0.5) is 0 Å². The number of hydrogen-bond acceptors (Lipinski definition) is 4. The molecule has 0 saturated carbocycles. The average Bonchev–Trinajstić information content (AvgIpc) is 2.89. The third kappa shape index (κ3) is 2.77. The summed E-state index contributed by atoms with van der Waals surface area (Å²) in [5.74, 6) is 0. The second-order valence-electron chi connectivity index (χ2n) is 4.42. The quantitative estimate of drug-likeness (QED) is 0.920. The Kier molecular flexibility index (Phi) is 3.69. The predicted molar refractivity (Wildman–Crippen MR) is 72.9 cm³/mol. The Morgan fingerprint density at radius 1 is 1.33 bits per heavy atom. The molecular weight excluding hydrogens is 244 g/mol. The summed E-state index contributed by atoms with van der Waals surface area (Å²) in [7, 11) is 0. The van der Waals surface area contributed by atoms with Crippen LogP contribution in [0.1, 0.15) is 22.3 Å². The van der Waals surface area contributed by atoms with E-state index >= 15 is 0 Å². The maximum Gasteiger partial charge on any atom is 0.112 e. The van der Waals surface area contributed by atoms with E-state index in [9.17, 15) is 0 Å². The Bertz CT molecular complexity index is 492. The first kappa shape index (κ1) is 11.8. The smallest absolute Gasteiger partial charge is 0.112 e. The van der Waals surface area contributed by atoms with Crippen LogP contribution in [0.5, 0.6) is 0 Å². The molecule has 1 aromatic carbocycles. The summed E-state index contributed by atoms with van der Waals surface area (Å²) < 4.78 is 5.47. The number of nitrogens with zero attached hydrogens (tertiary/aromatic N) is 1. The predicted octanol–water partition coefficient (Wildman–Crippen LogP) is 2.39. The molecule has 94 valence electrons. The number of rotatable bonds is 3. The number of hydrogen-bond donors (Lipinski definition) is 1. The molecule has 0 spiro atoms. The average molecular weight is 260 g/mol. The fraction of sp³-hybridized carbons (Fsp3) is 0.357. The van der Waals surface area contributed by atoms with Gasteiger partial charge < -0.3 is 10.1 Å². The summed E-state index contributed by atoms with van der Waals surface area (Å²) in [6.45, 7) is 2.45. The molecule has 1 aromatic heterocycles. The van der Waals surface area contributed by atoms with Crippen molar-refractivity contribution in [1.82, 2.24) is 10.3 Å². The number of nitrogens with one attached hydrogen (secondary N) is 1. The van der Waals surface area contributed by atoms with Gasteiger partial charge in [0, 0.05) is 18.3 Å². The highest BCUT2D eigenvalue weighted by atomic mass is 32.1. The van der Waals surface area contributed by atoms with E-state index in [0.717, 1.165) is 36.9 Å². The van der Waals surface area contributed by atoms with E-state index in [2.05, 4.69) is 35.0 Å². The molecule has 2 aromatic rings. The summed E-state index contributed by atoms with van der Waals surface area (Å²) in [6.07, 6.45) is 0.908. The van der Waals surface area contributed by atoms with E-state index < -0.39 is 0 Å². The third-order valence-corrected chi connectivity index (χ3v) is 4.02. The summed E-state index contributed by atoms with van der Waals surface area (Å²) in [5.41, 5.74) is 2.45. The molecule has 1 unspecified atom stereocenters. The molecular formula is C14H16N2OS. The fourth-order valence-electron chi connectivity index (χ4n) is 2.09. The first-order valence-electron chi connectivity index (χ1n) is 6.21. The summed E-state index contributed by atoms with van der Waals surface area (Å²) in [6, 6.07) is 10.7. The van der Waals surface area contributed by atoms with Crippen LogP contribution in [0.15, 0.2) is 35.7 Å². The van der Waals surface area contributed by atoms with Gasteiger partial charge in [0.2, 0.25) is 0 Å². The highest BCUT2D eigenvalue weighted by Gasteiger charge is 2.18. The van der Waals surface area contributed by atoms with Crippen molar-refractivity contribution in [2.45, 2.75) is 12.5 Å². The fourth-order valence-corrected chi connectivity index (χ4v) is 2.97. The van der Waals surface area contributed by atoms with Gasteiger partial charge in [0.1, 0.15) is 5.01 Å². The van der Waals surface area contributed by atoms with Crippen molar-refractivity contribution in [2.75, 3.05) is 19.8 Å². The van der Waals surface area contributed by atoms with Crippen LogP contribution < -0.4 is 5.32 Å². The lowest BCUT2D eigenvalue weighted by atomic mass is 10.1. The second kappa shape index (κ2) is 5.61. The van der Waals surface area contributed by atoms with Crippen molar-refractivity contribution in [3.05, 3.63) is 52.0 Å². The van der Waals surface area contributed by atoms with Crippen LogP contribution >= 0.6 is 11.3 Å². The number of benzene rings is 1. The van der Waals surface area contributed by atoms with Crippen LogP contribution in [-0.2, 0) is 11.2 Å². The number of morpholine rings is 1. The summed E-state index contributed by atoms with van der Waals surface area (Å²) in [4.78, 5) is 4.71. The highest BCUT2D eigenvalue weighted by Crippen LogP contribution is 2.21. The van der Waals surface area contributed by atoms with Crippen LogP contribution in [0.25, 0.3) is 0 Å². The van der Waals surface area contributed by atoms with E-state index in [1.165, 1.54) is 5.56 Å². The number of ether oxygens (including phenoxy) is 1. The summed E-state index contributed by atoms with van der Waals surface area (Å²) >= 11 is 1.72. The third-order valence-electron chi connectivity index (χ3n) is 3.02. The van der Waals surface area contributed by atoms with Gasteiger partial charge in [0.15, 0.2) is 0 Å². The molecule has 0 aliphatic carbocycles. The Balaban J connectivity index is 1.69. The van der Waals surface area contributed by atoms with Crippen LogP contribution in [-0.4, -0.2) is 24.7 Å². The lowest BCUT2D eigenvalue weighted by molar-refractivity contribution is 0.0767. The minimum Gasteiger partial charge on any atom is -0.378 e. The Morgan fingerprint density at radius 2 is 2.22 bits per heavy atom. The SMILES string of the molecule is c1ccc(Cc2csc(C3COCCN3)n2)cc1. The van der Waals surface area contributed by atoms with Crippen molar-refractivity contribution >= 4 is 11.3 Å². The molecule has 3 rings (SSSR count). The zero-order chi connectivity index (χ0) is 12.2. The van der Waals surface area contributed by atoms with Crippen LogP contribution in [0.3, 0.4) is 0 Å². The van der Waals surface area contributed by atoms with Gasteiger partial charge in [-0.3, -0.25) is 0 Å². The molecule has 0 amide bonds. The van der Waals surface area contributed by atoms with Gasteiger partial charge in [-0.25, -0.2) is 4.98 Å². The normalized spacial score (nSPS) is 19.9. The highest BCUT2D eigenvalue weighted by molar-refractivity contribution is 7.09. The van der Waals surface area contributed by atoms with E-state index in [4.69, 9.17) is 9.72 Å². The molecule has 4 heteroatoms. The van der Waals surface area contributed by atoms with Crippen LogP contribution in [0.2, 0.25) is 0 Å². The first-order valence-corrected chi connectivity index (χ1v) is 7.09. The topological polar surface area (TPSA) is 34.1 Å². The van der Waals surface area contributed by atoms with Crippen molar-refractivity contribution < 1.29 is 4.74 Å². The van der Waals surface area contributed by atoms with Gasteiger partial charge in [-0.2, -0.15) is 0 Å². The largest absolute Gasteiger partial charge is 0.378 e. The molecule has 2 heterocycles. The first-order chi connectivity index (χ1) is 8.92. The summed E-state index contributed by atoms with van der Waals surface area (Å²) in [5, 5.41) is 6.73. The molecule has 3 nitrogen and oxygen atoms in total. The molecule has 0 bridgehead atoms. The molecule has 1 N–H and O–H groups in total. The van der Waals surface area contributed by atoms with E-state index in [-0.39, 0.29) is 6.04 Å². The number of aromatic nitrogens is 1. The standard InChI is InChI=1S/C14H16N2OS/c1-2-4-11(5-3-1)8-12-10-18-14(16-12)13-9-17-7-6-15-13/h1-5,10,13,15H,6-9H2. The van der Waals surface area contributed by atoms with E-state index in [1.54, 1.807) is 11.3 Å². The zero-order valence-corrected chi connectivity index (χ0v) is 11.0. The van der Waals surface area contributed by atoms with E-state index in [1.807, 2.05) is 6.07 Å². The lowest BCUT2D eigenvalue weighted by Gasteiger charge is -2.21. The van der Waals surface area contributed by atoms with Crippen molar-refractivity contribution in [3.8, 4) is 0 Å².